The number of aryl methyl sites for hydroxylation is 2. The van der Waals surface area contributed by atoms with Gasteiger partial charge in [-0.25, -0.2) is 4.98 Å². The molecule has 2 aromatic rings. The summed E-state index contributed by atoms with van der Waals surface area (Å²) in [6.45, 7) is 3.71. The van der Waals surface area contributed by atoms with Gasteiger partial charge in [-0.2, -0.15) is 0 Å². The topological polar surface area (TPSA) is 108 Å². The van der Waals surface area contributed by atoms with Crippen molar-refractivity contribution in [3.63, 3.8) is 0 Å². The first kappa shape index (κ1) is 26.3. The molecule has 0 saturated carbocycles. The molecule has 0 radical (unpaired) electrons. The van der Waals surface area contributed by atoms with E-state index in [1.165, 1.54) is 24.3 Å². The van der Waals surface area contributed by atoms with E-state index in [-0.39, 0.29) is 11.5 Å². The van der Waals surface area contributed by atoms with Gasteiger partial charge in [0.25, 0.3) is 5.78 Å². The van der Waals surface area contributed by atoms with Gasteiger partial charge in [0.2, 0.25) is 5.78 Å². The number of nitrogens with zero attached hydrogens (tertiary/aromatic N) is 4. The fourth-order valence-electron chi connectivity index (χ4n) is 3.87. The van der Waals surface area contributed by atoms with Gasteiger partial charge in [-0.05, 0) is 62.4 Å². The van der Waals surface area contributed by atoms with Gasteiger partial charge in [0.05, 0.1) is 42.1 Å². The third-order valence-corrected chi connectivity index (χ3v) is 7.31. The minimum Gasteiger partial charge on any atom is -0.316 e. The van der Waals surface area contributed by atoms with E-state index in [1.807, 2.05) is 58.3 Å². The number of aromatic nitrogens is 2. The second-order valence-corrected chi connectivity index (χ2v) is 10.4. The van der Waals surface area contributed by atoms with Gasteiger partial charge in [-0.3, -0.25) is 28.0 Å². The van der Waals surface area contributed by atoms with E-state index < -0.39 is 11.6 Å². The quantitative estimate of drug-likeness (QED) is 0.304. The first-order valence-electron chi connectivity index (χ1n) is 12.0. The minimum atomic E-state index is -0.586. The summed E-state index contributed by atoms with van der Waals surface area (Å²) in [4.78, 5) is 45.1. The van der Waals surface area contributed by atoms with Crippen LogP contribution in [0.4, 0.5) is 0 Å². The SMILES string of the molecule is Cc1cccc(C(=O)C(=O)C2=CC3=CNSN3C=C2)n1.Cc1cccc(CC(=O)C2=CC3=CNSN3C=C2)n1. The molecule has 0 atom stereocenters. The first-order valence-corrected chi connectivity index (χ1v) is 13.5. The van der Waals surface area contributed by atoms with Crippen molar-refractivity contribution >= 4 is 41.6 Å². The van der Waals surface area contributed by atoms with Crippen LogP contribution in [0.3, 0.4) is 0 Å². The van der Waals surface area contributed by atoms with Gasteiger partial charge in [0, 0.05) is 53.0 Å². The Morgan fingerprint density at radius 1 is 0.769 bits per heavy atom. The molecular weight excluding hydrogens is 532 g/mol. The maximum atomic E-state index is 12.2. The summed E-state index contributed by atoms with van der Waals surface area (Å²) in [6, 6.07) is 10.8. The van der Waals surface area contributed by atoms with Gasteiger partial charge < -0.3 is 9.44 Å². The number of ketones is 3. The van der Waals surface area contributed by atoms with E-state index in [0.29, 0.717) is 17.7 Å². The molecule has 196 valence electrons. The van der Waals surface area contributed by atoms with E-state index >= 15 is 0 Å². The number of allylic oxidation sites excluding steroid dienone is 6. The Morgan fingerprint density at radius 2 is 1.36 bits per heavy atom. The number of rotatable bonds is 6. The molecule has 6 rings (SSSR count). The lowest BCUT2D eigenvalue weighted by molar-refractivity contribution is -0.114. The Balaban J connectivity index is 0.000000158. The average molecular weight is 557 g/mol. The molecule has 4 aliphatic heterocycles. The van der Waals surface area contributed by atoms with E-state index in [0.717, 1.165) is 28.4 Å². The summed E-state index contributed by atoms with van der Waals surface area (Å²) in [5.74, 6) is -1.04. The smallest absolute Gasteiger partial charge is 0.251 e. The second kappa shape index (κ2) is 11.6. The van der Waals surface area contributed by atoms with Crippen molar-refractivity contribution in [1.82, 2.24) is 28.0 Å². The molecular formula is C28H24N6O3S2. The van der Waals surface area contributed by atoms with Gasteiger partial charge >= 0.3 is 0 Å². The Labute approximate surface area is 234 Å². The van der Waals surface area contributed by atoms with Crippen LogP contribution in [-0.2, 0) is 16.0 Å². The summed E-state index contributed by atoms with van der Waals surface area (Å²) < 4.78 is 9.85. The van der Waals surface area contributed by atoms with Gasteiger partial charge in [0.1, 0.15) is 5.69 Å². The minimum absolute atomic E-state index is 0.0896. The zero-order chi connectivity index (χ0) is 27.4. The molecule has 0 spiro atoms. The lowest BCUT2D eigenvalue weighted by Crippen LogP contribution is -2.20. The molecule has 0 fully saturated rings. The molecule has 0 amide bonds. The normalized spacial score (nSPS) is 16.4. The summed E-state index contributed by atoms with van der Waals surface area (Å²) in [6.07, 6.45) is 14.7. The summed E-state index contributed by atoms with van der Waals surface area (Å²) in [5, 5.41) is 0. The maximum absolute atomic E-state index is 12.2. The predicted octanol–water partition coefficient (Wildman–Crippen LogP) is 4.17. The van der Waals surface area contributed by atoms with Crippen molar-refractivity contribution < 1.29 is 14.4 Å². The van der Waals surface area contributed by atoms with Crippen LogP contribution in [0.25, 0.3) is 0 Å². The zero-order valence-electron chi connectivity index (χ0n) is 21.1. The molecule has 0 bridgehead atoms. The third kappa shape index (κ3) is 6.21. The highest BCUT2D eigenvalue weighted by Crippen LogP contribution is 2.29. The summed E-state index contributed by atoms with van der Waals surface area (Å²) in [5.41, 5.74) is 5.55. The Kier molecular flexibility index (Phi) is 7.80. The standard InChI is InChI=1S/C14H11N3O2S.C14H13N3OS/c1-9-3-2-4-12(16-9)14(19)13(18)10-5-6-17-11(7-10)8-15-20-17;1-10-3-2-4-12(16-10)8-14(18)11-5-6-17-13(7-11)9-15-19-17/h2-8,15H,1H3;2-7,9,15H,8H2,1H3. The molecule has 9 nitrogen and oxygen atoms in total. The van der Waals surface area contributed by atoms with Crippen LogP contribution in [0.2, 0.25) is 0 Å². The number of hydrogen-bond acceptors (Lipinski definition) is 11. The monoisotopic (exact) mass is 556 g/mol. The fourth-order valence-corrected chi connectivity index (χ4v) is 5.11. The van der Waals surface area contributed by atoms with Gasteiger partial charge in [-0.1, -0.05) is 12.1 Å². The largest absolute Gasteiger partial charge is 0.316 e. The molecule has 0 aliphatic carbocycles. The molecule has 2 N–H and O–H groups in total. The first-order chi connectivity index (χ1) is 18.9. The number of nitrogens with one attached hydrogen (secondary N) is 2. The number of carbonyl (C=O) groups is 3. The lowest BCUT2D eigenvalue weighted by atomic mass is 10.0. The van der Waals surface area contributed by atoms with E-state index in [2.05, 4.69) is 19.4 Å². The highest BCUT2D eigenvalue weighted by molar-refractivity contribution is 7.95. The van der Waals surface area contributed by atoms with Crippen LogP contribution >= 0.6 is 24.3 Å². The lowest BCUT2D eigenvalue weighted by Gasteiger charge is -2.16. The van der Waals surface area contributed by atoms with Crippen molar-refractivity contribution in [2.24, 2.45) is 0 Å². The molecule has 0 saturated heterocycles. The van der Waals surface area contributed by atoms with Crippen molar-refractivity contribution in [1.29, 1.82) is 0 Å². The molecule has 6 heterocycles. The van der Waals surface area contributed by atoms with Crippen molar-refractivity contribution in [3.8, 4) is 0 Å². The molecule has 39 heavy (non-hydrogen) atoms. The van der Waals surface area contributed by atoms with Crippen molar-refractivity contribution in [2.75, 3.05) is 0 Å². The van der Waals surface area contributed by atoms with Crippen molar-refractivity contribution in [3.05, 3.63) is 131 Å². The van der Waals surface area contributed by atoms with Crippen molar-refractivity contribution in [2.45, 2.75) is 20.3 Å². The van der Waals surface area contributed by atoms with Crippen LogP contribution in [0.1, 0.15) is 27.6 Å². The van der Waals surface area contributed by atoms with Crippen LogP contribution < -0.4 is 9.44 Å². The molecule has 2 aromatic heterocycles. The number of Topliss-reactive ketones (excluding diaryl/α,β-unsaturated/α-hetero) is 3. The van der Waals surface area contributed by atoms with E-state index in [1.54, 1.807) is 49.7 Å². The Hall–Kier alpha value is -4.35. The molecule has 0 unspecified atom stereocenters. The maximum Gasteiger partial charge on any atom is 0.251 e. The summed E-state index contributed by atoms with van der Waals surface area (Å²) in [7, 11) is 0. The Bertz CT molecular complexity index is 1540. The predicted molar refractivity (Wildman–Crippen MR) is 152 cm³/mol. The number of fused-ring (bicyclic) bond motifs is 2. The highest BCUT2D eigenvalue weighted by Gasteiger charge is 2.25. The molecule has 0 aromatic carbocycles. The number of pyridine rings is 2. The van der Waals surface area contributed by atoms with Crippen LogP contribution in [0, 0.1) is 13.8 Å². The molecule has 4 aliphatic rings. The van der Waals surface area contributed by atoms with E-state index in [4.69, 9.17) is 0 Å². The number of carbonyl (C=O) groups excluding carboxylic acids is 3. The van der Waals surface area contributed by atoms with Crippen LogP contribution in [0.5, 0.6) is 0 Å². The fraction of sp³-hybridized carbons (Fsp3) is 0.107. The van der Waals surface area contributed by atoms with Gasteiger partial charge in [-0.15, -0.1) is 0 Å². The molecule has 11 heteroatoms. The third-order valence-electron chi connectivity index (χ3n) is 5.81. The zero-order valence-corrected chi connectivity index (χ0v) is 22.8. The Morgan fingerprint density at radius 3 is 2.00 bits per heavy atom. The van der Waals surface area contributed by atoms with Crippen LogP contribution in [0.15, 0.2) is 108 Å². The average Bonchev–Trinajstić information content (AvgIpc) is 3.61. The highest BCUT2D eigenvalue weighted by atomic mass is 32.2. The van der Waals surface area contributed by atoms with Crippen LogP contribution in [-0.4, -0.2) is 35.9 Å². The van der Waals surface area contributed by atoms with E-state index in [9.17, 15) is 14.4 Å². The van der Waals surface area contributed by atoms with Gasteiger partial charge in [0.15, 0.2) is 5.78 Å². The number of hydrogen-bond donors (Lipinski definition) is 2. The second-order valence-electron chi connectivity index (χ2n) is 8.73. The summed E-state index contributed by atoms with van der Waals surface area (Å²) >= 11 is 2.88.